The summed E-state index contributed by atoms with van der Waals surface area (Å²) in [5, 5.41) is 4.56. The molecule has 0 saturated carbocycles. The van der Waals surface area contributed by atoms with Crippen molar-refractivity contribution >= 4 is 17.7 Å². The molecule has 1 unspecified atom stereocenters. The average Bonchev–Trinajstić information content (AvgIpc) is 3.29. The predicted octanol–water partition coefficient (Wildman–Crippen LogP) is 2.68. The molecule has 0 N–H and O–H groups in total. The molecule has 3 aromatic rings. The van der Waals surface area contributed by atoms with Gasteiger partial charge in [0.15, 0.2) is 10.9 Å². The van der Waals surface area contributed by atoms with Crippen LogP contribution in [0.15, 0.2) is 63.1 Å². The fraction of sp³-hybridized carbons (Fsp3) is 0.222. The zero-order valence-electron chi connectivity index (χ0n) is 13.7. The third-order valence-electron chi connectivity index (χ3n) is 4.02. The van der Waals surface area contributed by atoms with E-state index in [1.54, 1.807) is 10.6 Å². The molecule has 1 aromatic carbocycles. The lowest BCUT2D eigenvalue weighted by molar-refractivity contribution is -0.145. The highest BCUT2D eigenvalue weighted by molar-refractivity contribution is 7.99. The maximum absolute atomic E-state index is 12.1. The Hall–Kier alpha value is -2.87. The summed E-state index contributed by atoms with van der Waals surface area (Å²) < 4.78 is 12.1. The first kappa shape index (κ1) is 16.6. The molecule has 132 valence electrons. The lowest BCUT2D eigenvalue weighted by Crippen LogP contribution is -2.25. The molecule has 0 saturated heterocycles. The molecule has 0 aliphatic carbocycles. The number of ether oxygens (including phenoxy) is 1. The summed E-state index contributed by atoms with van der Waals surface area (Å²) in [5.74, 6) is 0.863. The fourth-order valence-electron chi connectivity index (χ4n) is 2.76. The first-order valence-electron chi connectivity index (χ1n) is 8.08. The Morgan fingerprint density at radius 3 is 3.00 bits per heavy atom. The molecule has 1 aliphatic heterocycles. The molecule has 1 atom stereocenters. The molecule has 26 heavy (non-hydrogen) atoms. The second-order valence-electron chi connectivity index (χ2n) is 5.81. The highest BCUT2D eigenvalue weighted by Gasteiger charge is 2.27. The van der Waals surface area contributed by atoms with Crippen molar-refractivity contribution in [1.82, 2.24) is 14.7 Å². The van der Waals surface area contributed by atoms with Gasteiger partial charge >= 0.3 is 5.97 Å². The molecule has 4 rings (SSSR count). The number of rotatable bonds is 5. The maximum atomic E-state index is 12.1. The molecule has 1 aliphatic rings. The van der Waals surface area contributed by atoms with Crippen LogP contribution in [0.3, 0.4) is 0 Å². The van der Waals surface area contributed by atoms with Gasteiger partial charge < -0.3 is 9.26 Å². The first-order chi connectivity index (χ1) is 12.7. The van der Waals surface area contributed by atoms with Crippen molar-refractivity contribution in [2.75, 3.05) is 5.75 Å². The molecular formula is C18H15N3O4S. The summed E-state index contributed by atoms with van der Waals surface area (Å²) in [5.41, 5.74) is 1.29. The zero-order chi connectivity index (χ0) is 17.9. The summed E-state index contributed by atoms with van der Waals surface area (Å²) >= 11 is 1.46. The van der Waals surface area contributed by atoms with Gasteiger partial charge in [0.25, 0.3) is 5.56 Å². The Morgan fingerprint density at radius 1 is 1.31 bits per heavy atom. The van der Waals surface area contributed by atoms with Crippen LogP contribution < -0.4 is 5.56 Å². The third-order valence-corrected chi connectivity index (χ3v) is 5.13. The average molecular weight is 369 g/mol. The van der Waals surface area contributed by atoms with Crippen LogP contribution in [0, 0.1) is 0 Å². The Labute approximate surface area is 153 Å². The maximum Gasteiger partial charge on any atom is 0.308 e. The molecule has 2 aromatic heterocycles. The molecule has 0 bridgehead atoms. The molecule has 0 spiro atoms. The standard InChI is InChI=1S/C18H15N3O4S/c22-16-6-7-19-18-21(16)14(11-26-18)9-17(23)24-10-13-8-15(25-20-13)12-4-2-1-3-5-12/h1-8,14H,9-11H2. The van der Waals surface area contributed by atoms with Gasteiger partial charge in [0.05, 0.1) is 12.5 Å². The Kier molecular flexibility index (Phi) is 4.57. The number of carbonyl (C=O) groups excluding carboxylic acids is 1. The van der Waals surface area contributed by atoms with Crippen LogP contribution in [0.2, 0.25) is 0 Å². The number of carbonyl (C=O) groups is 1. The largest absolute Gasteiger partial charge is 0.459 e. The fourth-order valence-corrected chi connectivity index (χ4v) is 3.89. The molecule has 7 nitrogen and oxygen atoms in total. The number of hydrogen-bond donors (Lipinski definition) is 0. The van der Waals surface area contributed by atoms with E-state index >= 15 is 0 Å². The van der Waals surface area contributed by atoms with Crippen molar-refractivity contribution in [3.63, 3.8) is 0 Å². The molecule has 0 radical (unpaired) electrons. The van der Waals surface area contributed by atoms with Gasteiger partial charge in [0, 0.05) is 29.6 Å². The number of fused-ring (bicyclic) bond motifs is 1. The van der Waals surface area contributed by atoms with Crippen molar-refractivity contribution in [3.05, 3.63) is 64.7 Å². The minimum Gasteiger partial charge on any atom is -0.459 e. The van der Waals surface area contributed by atoms with Gasteiger partial charge in [-0.2, -0.15) is 0 Å². The lowest BCUT2D eigenvalue weighted by Gasteiger charge is -2.11. The topological polar surface area (TPSA) is 87.2 Å². The quantitative estimate of drug-likeness (QED) is 0.505. The van der Waals surface area contributed by atoms with Crippen molar-refractivity contribution in [2.24, 2.45) is 0 Å². The minimum atomic E-state index is -0.386. The first-order valence-corrected chi connectivity index (χ1v) is 9.06. The van der Waals surface area contributed by atoms with Crippen LogP contribution in [0.25, 0.3) is 11.3 Å². The SMILES string of the molecule is O=C(CC1CSc2nccc(=O)n21)OCc1cc(-c2ccccc2)on1. The van der Waals surface area contributed by atoms with E-state index in [2.05, 4.69) is 10.1 Å². The summed E-state index contributed by atoms with van der Waals surface area (Å²) in [6.45, 7) is 0.0316. The summed E-state index contributed by atoms with van der Waals surface area (Å²) in [6.07, 6.45) is 1.60. The van der Waals surface area contributed by atoms with Gasteiger partial charge in [-0.25, -0.2) is 4.98 Å². The van der Waals surface area contributed by atoms with Gasteiger partial charge in [-0.1, -0.05) is 47.3 Å². The van der Waals surface area contributed by atoms with Gasteiger partial charge in [-0.05, 0) is 0 Å². The van der Waals surface area contributed by atoms with Crippen molar-refractivity contribution in [1.29, 1.82) is 0 Å². The van der Waals surface area contributed by atoms with Crippen LogP contribution in [0.1, 0.15) is 18.2 Å². The van der Waals surface area contributed by atoms with Crippen molar-refractivity contribution in [2.45, 2.75) is 24.2 Å². The normalized spacial score (nSPS) is 15.6. The smallest absolute Gasteiger partial charge is 0.308 e. The zero-order valence-corrected chi connectivity index (χ0v) is 14.5. The van der Waals surface area contributed by atoms with E-state index in [1.165, 1.54) is 24.0 Å². The van der Waals surface area contributed by atoms with E-state index in [1.807, 2.05) is 30.3 Å². The van der Waals surface area contributed by atoms with Crippen LogP contribution in [-0.4, -0.2) is 26.4 Å². The molecule has 3 heterocycles. The van der Waals surface area contributed by atoms with Gasteiger partial charge in [-0.3, -0.25) is 14.2 Å². The monoisotopic (exact) mass is 369 g/mol. The second kappa shape index (κ2) is 7.17. The Morgan fingerprint density at radius 2 is 2.15 bits per heavy atom. The number of thioether (sulfide) groups is 1. The van der Waals surface area contributed by atoms with E-state index in [0.717, 1.165) is 5.56 Å². The molecule has 0 amide bonds. The second-order valence-corrected chi connectivity index (χ2v) is 6.80. The summed E-state index contributed by atoms with van der Waals surface area (Å²) in [4.78, 5) is 28.3. The minimum absolute atomic E-state index is 0.0316. The number of nitrogens with zero attached hydrogens (tertiary/aromatic N) is 3. The van der Waals surface area contributed by atoms with E-state index in [9.17, 15) is 9.59 Å². The van der Waals surface area contributed by atoms with Crippen LogP contribution in [0.5, 0.6) is 0 Å². The van der Waals surface area contributed by atoms with E-state index < -0.39 is 0 Å². The highest BCUT2D eigenvalue weighted by atomic mass is 32.2. The van der Waals surface area contributed by atoms with Gasteiger partial charge in [0.2, 0.25) is 0 Å². The predicted molar refractivity (Wildman–Crippen MR) is 94.6 cm³/mol. The molecule has 8 heteroatoms. The Balaban J connectivity index is 1.36. The lowest BCUT2D eigenvalue weighted by atomic mass is 10.2. The molecular weight excluding hydrogens is 354 g/mol. The summed E-state index contributed by atoms with van der Waals surface area (Å²) in [6, 6.07) is 12.5. The van der Waals surface area contributed by atoms with Crippen LogP contribution in [0.4, 0.5) is 0 Å². The van der Waals surface area contributed by atoms with Crippen molar-refractivity contribution in [3.8, 4) is 11.3 Å². The number of esters is 1. The van der Waals surface area contributed by atoms with E-state index in [4.69, 9.17) is 9.26 Å². The van der Waals surface area contributed by atoms with Crippen LogP contribution in [-0.2, 0) is 16.1 Å². The molecule has 0 fully saturated rings. The Bertz CT molecular complexity index is 983. The number of hydrogen-bond acceptors (Lipinski definition) is 7. The van der Waals surface area contributed by atoms with E-state index in [0.29, 0.717) is 22.4 Å². The summed E-state index contributed by atoms with van der Waals surface area (Å²) in [7, 11) is 0. The van der Waals surface area contributed by atoms with Crippen molar-refractivity contribution < 1.29 is 14.1 Å². The number of aromatic nitrogens is 3. The highest BCUT2D eigenvalue weighted by Crippen LogP contribution is 2.31. The van der Waals surface area contributed by atoms with Gasteiger partial charge in [-0.15, -0.1) is 0 Å². The van der Waals surface area contributed by atoms with E-state index in [-0.39, 0.29) is 30.6 Å². The van der Waals surface area contributed by atoms with Gasteiger partial charge in [0.1, 0.15) is 12.3 Å². The number of benzene rings is 1. The third kappa shape index (κ3) is 3.41. The van der Waals surface area contributed by atoms with Crippen LogP contribution >= 0.6 is 11.8 Å².